The Balaban J connectivity index is 1.79. The number of nitrogens with two attached hydrogens (primary N) is 1. The third-order valence-electron chi connectivity index (χ3n) is 4.14. The van der Waals surface area contributed by atoms with E-state index in [1.165, 1.54) is 16.9 Å². The number of aromatic nitrogens is 1. The quantitative estimate of drug-likeness (QED) is 0.634. The maximum atomic E-state index is 12.7. The smallest absolute Gasteiger partial charge is 0.206 e. The fourth-order valence-corrected chi connectivity index (χ4v) is 3.42. The highest BCUT2D eigenvalue weighted by atomic mass is 32.1. The number of ketones is 1. The number of nitrogens with zero attached hydrogens (tertiary/aromatic N) is 2. The van der Waals surface area contributed by atoms with Gasteiger partial charge in [-0.05, 0) is 47.4 Å². The molecule has 3 N–H and O–H groups in total. The summed E-state index contributed by atoms with van der Waals surface area (Å²) in [6.45, 7) is 6.49. The van der Waals surface area contributed by atoms with Gasteiger partial charge in [-0.15, -0.1) is 0 Å². The second kappa shape index (κ2) is 7.22. The van der Waals surface area contributed by atoms with Gasteiger partial charge in [0.05, 0.1) is 11.6 Å². The molecule has 0 amide bonds. The minimum Gasteiger partial charge on any atom is -0.382 e. The summed E-state index contributed by atoms with van der Waals surface area (Å²) in [4.78, 5) is 17.3. The molecule has 2 aromatic carbocycles. The molecule has 3 rings (SSSR count). The van der Waals surface area contributed by atoms with Crippen LogP contribution in [0.1, 0.15) is 47.1 Å². The standard InChI is InChI=1S/C21H20N4OS/c1-21(2,3)15-8-10-16(11-9-15)24-20-25-19(23)18(27-20)17(26)14-6-4-13(12-22)5-7-14/h4-11H,23H2,1-3H3,(H,24,25). The predicted molar refractivity (Wildman–Crippen MR) is 110 cm³/mol. The Morgan fingerprint density at radius 2 is 1.74 bits per heavy atom. The molecule has 1 heterocycles. The van der Waals surface area contributed by atoms with Crippen molar-refractivity contribution in [1.29, 1.82) is 5.26 Å². The van der Waals surface area contributed by atoms with Gasteiger partial charge in [0.15, 0.2) is 5.13 Å². The topological polar surface area (TPSA) is 91.8 Å². The van der Waals surface area contributed by atoms with Gasteiger partial charge in [0, 0.05) is 11.3 Å². The highest BCUT2D eigenvalue weighted by Crippen LogP contribution is 2.30. The Hall–Kier alpha value is -3.17. The van der Waals surface area contributed by atoms with Crippen molar-refractivity contribution in [2.24, 2.45) is 0 Å². The summed E-state index contributed by atoms with van der Waals surface area (Å²) in [6.07, 6.45) is 0. The molecule has 1 aromatic heterocycles. The van der Waals surface area contributed by atoms with Gasteiger partial charge in [-0.2, -0.15) is 5.26 Å². The normalized spacial score (nSPS) is 11.0. The first kappa shape index (κ1) is 18.6. The average molecular weight is 376 g/mol. The summed E-state index contributed by atoms with van der Waals surface area (Å²) in [5.41, 5.74) is 9.15. The molecule has 5 nitrogen and oxygen atoms in total. The van der Waals surface area contributed by atoms with Crippen LogP contribution in [0.4, 0.5) is 16.6 Å². The van der Waals surface area contributed by atoms with Crippen molar-refractivity contribution in [1.82, 2.24) is 4.98 Å². The summed E-state index contributed by atoms with van der Waals surface area (Å²) >= 11 is 1.22. The van der Waals surface area contributed by atoms with Crippen LogP contribution in [0.3, 0.4) is 0 Å². The van der Waals surface area contributed by atoms with Crippen molar-refractivity contribution in [3.05, 3.63) is 70.1 Å². The molecule has 136 valence electrons. The van der Waals surface area contributed by atoms with Crippen molar-refractivity contribution < 1.29 is 4.79 Å². The van der Waals surface area contributed by atoms with E-state index >= 15 is 0 Å². The fourth-order valence-electron chi connectivity index (χ4n) is 2.55. The molecule has 27 heavy (non-hydrogen) atoms. The summed E-state index contributed by atoms with van der Waals surface area (Å²) in [5.74, 6) is -0.00575. The van der Waals surface area contributed by atoms with Crippen LogP contribution >= 0.6 is 11.3 Å². The van der Waals surface area contributed by atoms with Gasteiger partial charge in [-0.3, -0.25) is 4.79 Å². The zero-order valence-corrected chi connectivity index (χ0v) is 16.2. The number of rotatable bonds is 4. The molecule has 0 aliphatic heterocycles. The van der Waals surface area contributed by atoms with Gasteiger partial charge in [-0.25, -0.2) is 4.98 Å². The number of anilines is 3. The summed E-state index contributed by atoms with van der Waals surface area (Å²) in [6, 6.07) is 16.6. The zero-order valence-electron chi connectivity index (χ0n) is 15.4. The predicted octanol–water partition coefficient (Wildman–Crippen LogP) is 4.87. The molecular weight excluding hydrogens is 356 g/mol. The molecule has 0 aliphatic carbocycles. The third kappa shape index (κ3) is 4.15. The lowest BCUT2D eigenvalue weighted by molar-refractivity contribution is 0.104. The molecular formula is C21H20N4OS. The minimum atomic E-state index is -0.203. The van der Waals surface area contributed by atoms with Crippen molar-refractivity contribution in [3.8, 4) is 6.07 Å². The Morgan fingerprint density at radius 1 is 1.11 bits per heavy atom. The van der Waals surface area contributed by atoms with Crippen LogP contribution in [-0.4, -0.2) is 10.8 Å². The van der Waals surface area contributed by atoms with Crippen LogP contribution < -0.4 is 11.1 Å². The van der Waals surface area contributed by atoms with E-state index < -0.39 is 0 Å². The van der Waals surface area contributed by atoms with Crippen LogP contribution in [-0.2, 0) is 5.41 Å². The highest BCUT2D eigenvalue weighted by molar-refractivity contribution is 7.18. The average Bonchev–Trinajstić information content (AvgIpc) is 3.01. The molecule has 0 saturated heterocycles. The van der Waals surface area contributed by atoms with E-state index in [1.807, 2.05) is 18.2 Å². The summed E-state index contributed by atoms with van der Waals surface area (Å²) in [5, 5.41) is 12.6. The lowest BCUT2D eigenvalue weighted by Gasteiger charge is -2.19. The number of benzene rings is 2. The number of thiazole rings is 1. The van der Waals surface area contributed by atoms with Crippen LogP contribution in [0.5, 0.6) is 0 Å². The lowest BCUT2D eigenvalue weighted by atomic mass is 9.87. The lowest BCUT2D eigenvalue weighted by Crippen LogP contribution is -2.10. The Bertz CT molecular complexity index is 1010. The minimum absolute atomic E-state index is 0.0881. The maximum absolute atomic E-state index is 12.7. The van der Waals surface area contributed by atoms with Gasteiger partial charge in [-0.1, -0.05) is 44.2 Å². The molecule has 0 spiro atoms. The molecule has 0 unspecified atom stereocenters. The Labute approximate surface area is 162 Å². The molecule has 0 saturated carbocycles. The summed E-state index contributed by atoms with van der Waals surface area (Å²) in [7, 11) is 0. The van der Waals surface area contributed by atoms with Crippen molar-refractivity contribution in [3.63, 3.8) is 0 Å². The maximum Gasteiger partial charge on any atom is 0.206 e. The third-order valence-corrected chi connectivity index (χ3v) is 5.12. The van der Waals surface area contributed by atoms with Crippen LogP contribution in [0.25, 0.3) is 0 Å². The van der Waals surface area contributed by atoms with Gasteiger partial charge in [0.2, 0.25) is 5.78 Å². The number of hydrogen-bond acceptors (Lipinski definition) is 6. The number of hydrogen-bond donors (Lipinski definition) is 2. The first-order chi connectivity index (χ1) is 12.8. The van der Waals surface area contributed by atoms with E-state index in [-0.39, 0.29) is 17.0 Å². The number of carbonyl (C=O) groups is 1. The number of carbonyl (C=O) groups excluding carboxylic acids is 1. The second-order valence-corrected chi connectivity index (χ2v) is 8.20. The first-order valence-corrected chi connectivity index (χ1v) is 9.28. The van der Waals surface area contributed by atoms with Crippen molar-refractivity contribution >= 4 is 33.8 Å². The highest BCUT2D eigenvalue weighted by Gasteiger charge is 2.18. The fraction of sp³-hybridized carbons (Fsp3) is 0.190. The molecule has 3 aromatic rings. The Kier molecular flexibility index (Phi) is 4.98. The zero-order chi connectivity index (χ0) is 19.6. The van der Waals surface area contributed by atoms with E-state index in [2.05, 4.69) is 43.2 Å². The monoisotopic (exact) mass is 376 g/mol. The second-order valence-electron chi connectivity index (χ2n) is 7.20. The Morgan fingerprint density at radius 3 is 2.30 bits per heavy atom. The van der Waals surface area contributed by atoms with E-state index in [0.29, 0.717) is 21.1 Å². The molecule has 0 aliphatic rings. The van der Waals surface area contributed by atoms with E-state index in [1.54, 1.807) is 24.3 Å². The van der Waals surface area contributed by atoms with Crippen LogP contribution in [0.2, 0.25) is 0 Å². The summed E-state index contributed by atoms with van der Waals surface area (Å²) < 4.78 is 0. The molecule has 0 atom stereocenters. The van der Waals surface area contributed by atoms with Gasteiger partial charge < -0.3 is 11.1 Å². The largest absolute Gasteiger partial charge is 0.382 e. The number of nitrogen functional groups attached to an aromatic ring is 1. The van der Waals surface area contributed by atoms with Crippen molar-refractivity contribution in [2.45, 2.75) is 26.2 Å². The SMILES string of the molecule is CC(C)(C)c1ccc(Nc2nc(N)c(C(=O)c3ccc(C#N)cc3)s2)cc1. The van der Waals surface area contributed by atoms with Gasteiger partial charge >= 0.3 is 0 Å². The first-order valence-electron chi connectivity index (χ1n) is 8.46. The molecule has 0 radical (unpaired) electrons. The van der Waals surface area contributed by atoms with E-state index in [0.717, 1.165) is 5.69 Å². The molecule has 0 bridgehead atoms. The molecule has 6 heteroatoms. The molecule has 0 fully saturated rings. The van der Waals surface area contributed by atoms with Gasteiger partial charge in [0.25, 0.3) is 0 Å². The van der Waals surface area contributed by atoms with Gasteiger partial charge in [0.1, 0.15) is 10.7 Å². The van der Waals surface area contributed by atoms with E-state index in [9.17, 15) is 4.79 Å². The number of nitrogens with one attached hydrogen (secondary N) is 1. The van der Waals surface area contributed by atoms with Crippen LogP contribution in [0.15, 0.2) is 48.5 Å². The van der Waals surface area contributed by atoms with Crippen LogP contribution in [0, 0.1) is 11.3 Å². The number of nitriles is 1. The van der Waals surface area contributed by atoms with E-state index in [4.69, 9.17) is 11.0 Å². The van der Waals surface area contributed by atoms with Crippen molar-refractivity contribution in [2.75, 3.05) is 11.1 Å².